The summed E-state index contributed by atoms with van der Waals surface area (Å²) in [7, 11) is 0. The maximum absolute atomic E-state index is 11.2. The fraction of sp³-hybridized carbons (Fsp3) is 0.182. The van der Waals surface area contributed by atoms with Gasteiger partial charge in [0.25, 0.3) is 0 Å². The molecule has 1 fully saturated rings. The van der Waals surface area contributed by atoms with Gasteiger partial charge in [0.2, 0.25) is 5.91 Å². The summed E-state index contributed by atoms with van der Waals surface area (Å²) in [4.78, 5) is 24.8. The Morgan fingerprint density at radius 1 is 0.966 bits per heavy atom. The highest BCUT2D eigenvalue weighted by molar-refractivity contribution is 5.93. The molecule has 1 amide bonds. The van der Waals surface area contributed by atoms with Gasteiger partial charge in [-0.15, -0.1) is 0 Å². The first-order valence-electron chi connectivity index (χ1n) is 9.37. The van der Waals surface area contributed by atoms with E-state index < -0.39 is 5.91 Å². The van der Waals surface area contributed by atoms with Crippen molar-refractivity contribution in [3.63, 3.8) is 0 Å². The number of benzene rings is 2. The molecule has 7 heteroatoms. The second-order valence-electron chi connectivity index (χ2n) is 6.81. The number of nitrogens with two attached hydrogens (primary N) is 1. The minimum absolute atomic E-state index is 0.452. The van der Waals surface area contributed by atoms with Crippen LogP contribution >= 0.6 is 0 Å². The van der Waals surface area contributed by atoms with Crippen LogP contribution in [0.25, 0.3) is 11.3 Å². The lowest BCUT2D eigenvalue weighted by Crippen LogP contribution is -2.47. The van der Waals surface area contributed by atoms with Gasteiger partial charge in [0.1, 0.15) is 11.9 Å². The topological polar surface area (TPSA) is 99.1 Å². The average molecular weight is 384 g/mol. The number of carbonyl (C=O) groups excluding carboxylic acids is 1. The van der Waals surface area contributed by atoms with Crippen LogP contribution < -0.4 is 15.5 Å². The number of amides is 1. The minimum Gasteiger partial charge on any atom is -0.367 e. The van der Waals surface area contributed by atoms with Gasteiger partial charge in [-0.25, -0.2) is 4.98 Å². The number of para-hydroxylation sites is 1. The Balaban J connectivity index is 1.49. The molecule has 0 bridgehead atoms. The molecule has 0 spiro atoms. The molecular formula is C22H20N6O. The molecule has 0 unspecified atom stereocenters. The van der Waals surface area contributed by atoms with Crippen LogP contribution in [-0.2, 0) is 0 Å². The highest BCUT2D eigenvalue weighted by Gasteiger charge is 2.20. The smallest absolute Gasteiger partial charge is 0.248 e. The average Bonchev–Trinajstić information content (AvgIpc) is 2.79. The van der Waals surface area contributed by atoms with Crippen LogP contribution in [0.15, 0.2) is 60.9 Å². The number of carbonyl (C=O) groups is 1. The highest BCUT2D eigenvalue weighted by atomic mass is 16.1. The second kappa shape index (κ2) is 7.98. The normalized spacial score (nSPS) is 13.8. The van der Waals surface area contributed by atoms with Crippen LogP contribution in [0.2, 0.25) is 0 Å². The molecule has 1 aliphatic heterocycles. The van der Waals surface area contributed by atoms with Gasteiger partial charge in [-0.3, -0.25) is 9.78 Å². The van der Waals surface area contributed by atoms with Crippen LogP contribution in [0.1, 0.15) is 15.9 Å². The summed E-state index contributed by atoms with van der Waals surface area (Å²) in [5, 5.41) is 9.33. The van der Waals surface area contributed by atoms with Gasteiger partial charge in [-0.2, -0.15) is 5.26 Å². The van der Waals surface area contributed by atoms with Crippen molar-refractivity contribution < 1.29 is 4.79 Å². The van der Waals surface area contributed by atoms with Gasteiger partial charge in [-0.1, -0.05) is 24.3 Å². The Labute approximate surface area is 169 Å². The van der Waals surface area contributed by atoms with Crippen molar-refractivity contribution in [1.82, 2.24) is 9.97 Å². The Kier molecular flexibility index (Phi) is 5.08. The quantitative estimate of drug-likeness (QED) is 0.742. The summed E-state index contributed by atoms with van der Waals surface area (Å²) in [5.74, 6) is 0.363. The second-order valence-corrected chi connectivity index (χ2v) is 6.81. The first-order valence-corrected chi connectivity index (χ1v) is 9.37. The Morgan fingerprint density at radius 3 is 2.34 bits per heavy atom. The van der Waals surface area contributed by atoms with E-state index in [1.807, 2.05) is 36.4 Å². The number of hydrogen-bond donors (Lipinski definition) is 1. The Bertz CT molecular complexity index is 1070. The monoisotopic (exact) mass is 384 g/mol. The van der Waals surface area contributed by atoms with Crippen LogP contribution in [0.4, 0.5) is 11.5 Å². The molecule has 2 aromatic carbocycles. The van der Waals surface area contributed by atoms with Crippen molar-refractivity contribution in [2.24, 2.45) is 5.73 Å². The van der Waals surface area contributed by atoms with Crippen molar-refractivity contribution >= 4 is 17.4 Å². The molecule has 7 nitrogen and oxygen atoms in total. The largest absolute Gasteiger partial charge is 0.367 e. The molecule has 3 aromatic rings. The predicted octanol–water partition coefficient (Wildman–Crippen LogP) is 2.44. The van der Waals surface area contributed by atoms with E-state index in [1.54, 1.807) is 24.5 Å². The van der Waals surface area contributed by atoms with Crippen LogP contribution in [0.3, 0.4) is 0 Å². The number of piperazine rings is 1. The van der Waals surface area contributed by atoms with Gasteiger partial charge in [0, 0.05) is 37.3 Å². The van der Waals surface area contributed by atoms with E-state index in [9.17, 15) is 10.1 Å². The molecule has 0 radical (unpaired) electrons. The summed E-state index contributed by atoms with van der Waals surface area (Å²) in [6.07, 6.45) is 3.47. The number of aromatic nitrogens is 2. The van der Waals surface area contributed by atoms with Crippen molar-refractivity contribution in [2.45, 2.75) is 0 Å². The summed E-state index contributed by atoms with van der Waals surface area (Å²) in [5.41, 5.74) is 9.06. The van der Waals surface area contributed by atoms with Crippen LogP contribution in [-0.4, -0.2) is 42.1 Å². The number of nitriles is 1. The zero-order valence-corrected chi connectivity index (χ0v) is 15.8. The zero-order valence-electron chi connectivity index (χ0n) is 15.8. The molecule has 1 aromatic heterocycles. The van der Waals surface area contributed by atoms with E-state index in [1.165, 1.54) is 0 Å². The molecule has 144 valence electrons. The summed E-state index contributed by atoms with van der Waals surface area (Å²) >= 11 is 0. The molecular weight excluding hydrogens is 364 g/mol. The van der Waals surface area contributed by atoms with Gasteiger partial charge in [0.15, 0.2) is 0 Å². The molecule has 0 aliphatic carbocycles. The van der Waals surface area contributed by atoms with E-state index in [2.05, 4.69) is 20.9 Å². The molecule has 0 atom stereocenters. The summed E-state index contributed by atoms with van der Waals surface area (Å²) in [6.45, 7) is 3.19. The minimum atomic E-state index is -0.452. The first kappa shape index (κ1) is 18.4. The fourth-order valence-corrected chi connectivity index (χ4v) is 3.47. The van der Waals surface area contributed by atoms with E-state index in [-0.39, 0.29) is 0 Å². The number of hydrogen-bond acceptors (Lipinski definition) is 6. The summed E-state index contributed by atoms with van der Waals surface area (Å²) < 4.78 is 0. The molecule has 1 saturated heterocycles. The third kappa shape index (κ3) is 3.87. The van der Waals surface area contributed by atoms with Gasteiger partial charge in [-0.05, 0) is 24.3 Å². The van der Waals surface area contributed by atoms with E-state index >= 15 is 0 Å². The lowest BCUT2D eigenvalue weighted by molar-refractivity contribution is 0.100. The van der Waals surface area contributed by atoms with Crippen LogP contribution in [0, 0.1) is 11.3 Å². The molecule has 4 rings (SSSR count). The highest BCUT2D eigenvalue weighted by Crippen LogP contribution is 2.24. The third-order valence-corrected chi connectivity index (χ3v) is 5.06. The SMILES string of the molecule is N#Cc1ccccc1N1CCN(c2cncc(-c3ccc(C(N)=O)cc3)n2)CC1. The van der Waals surface area contributed by atoms with Crippen LogP contribution in [0.5, 0.6) is 0 Å². The number of primary amides is 1. The standard InChI is InChI=1S/C22H20N6O/c23-13-18-3-1-2-4-20(18)27-9-11-28(12-10-27)21-15-25-14-19(26-21)16-5-7-17(8-6-16)22(24)29/h1-8,14-15H,9-12H2,(H2,24,29). The van der Waals surface area contributed by atoms with E-state index in [0.717, 1.165) is 48.9 Å². The molecule has 29 heavy (non-hydrogen) atoms. The van der Waals surface area contributed by atoms with Crippen molar-refractivity contribution in [2.75, 3.05) is 36.0 Å². The maximum Gasteiger partial charge on any atom is 0.248 e. The Hall–Kier alpha value is -3.92. The predicted molar refractivity (Wildman–Crippen MR) is 112 cm³/mol. The van der Waals surface area contributed by atoms with Crippen molar-refractivity contribution in [1.29, 1.82) is 5.26 Å². The lowest BCUT2D eigenvalue weighted by atomic mass is 10.1. The first-order chi connectivity index (χ1) is 14.2. The van der Waals surface area contributed by atoms with E-state index in [4.69, 9.17) is 10.7 Å². The van der Waals surface area contributed by atoms with Crippen molar-refractivity contribution in [3.8, 4) is 17.3 Å². The molecule has 0 saturated carbocycles. The third-order valence-electron chi connectivity index (χ3n) is 5.06. The lowest BCUT2D eigenvalue weighted by Gasteiger charge is -2.37. The Morgan fingerprint density at radius 2 is 1.66 bits per heavy atom. The molecule has 2 N–H and O–H groups in total. The van der Waals surface area contributed by atoms with Gasteiger partial charge in [0.05, 0.1) is 29.3 Å². The number of rotatable bonds is 4. The fourth-order valence-electron chi connectivity index (χ4n) is 3.47. The summed E-state index contributed by atoms with van der Waals surface area (Å²) in [6, 6.07) is 17.0. The zero-order chi connectivity index (χ0) is 20.2. The van der Waals surface area contributed by atoms with Gasteiger partial charge >= 0.3 is 0 Å². The molecule has 1 aliphatic rings. The molecule has 2 heterocycles. The van der Waals surface area contributed by atoms with E-state index in [0.29, 0.717) is 11.1 Å². The van der Waals surface area contributed by atoms with Crippen molar-refractivity contribution in [3.05, 3.63) is 72.1 Å². The number of anilines is 2. The number of nitrogens with zero attached hydrogens (tertiary/aromatic N) is 5. The van der Waals surface area contributed by atoms with Gasteiger partial charge < -0.3 is 15.5 Å². The maximum atomic E-state index is 11.2.